The Morgan fingerprint density at radius 2 is 1.93 bits per heavy atom. The van der Waals surface area contributed by atoms with Gasteiger partial charge in [0.1, 0.15) is 10.8 Å². The fourth-order valence-corrected chi connectivity index (χ4v) is 5.23. The maximum Gasteiger partial charge on any atom is 0.186 e. The second-order valence-electron chi connectivity index (χ2n) is 6.20. The van der Waals surface area contributed by atoms with E-state index in [1.165, 1.54) is 25.3 Å². The van der Waals surface area contributed by atoms with Crippen molar-refractivity contribution in [3.8, 4) is 10.6 Å². The molecule has 4 heterocycles. The van der Waals surface area contributed by atoms with Gasteiger partial charge in [-0.1, -0.05) is 52.2 Å². The Labute approximate surface area is 186 Å². The van der Waals surface area contributed by atoms with E-state index < -0.39 is 0 Å². The van der Waals surface area contributed by atoms with Gasteiger partial charge in [0.15, 0.2) is 10.9 Å². The number of pyridine rings is 1. The SMILES string of the molecule is Clc1cc(Cl)c(N/N=C/c2sc(N3CCCCC3)nc2-c2cccs2)nc1Cl. The molecule has 1 N–H and O–H groups in total. The number of halogens is 3. The second kappa shape index (κ2) is 8.97. The molecule has 1 saturated heterocycles. The monoisotopic (exact) mass is 471 g/mol. The molecule has 1 aliphatic rings. The van der Waals surface area contributed by atoms with E-state index in [9.17, 15) is 0 Å². The molecular formula is C18H16Cl3N5S2. The first kappa shape index (κ1) is 19.9. The highest BCUT2D eigenvalue weighted by Gasteiger charge is 2.19. The fourth-order valence-electron chi connectivity index (χ4n) is 2.89. The molecule has 4 rings (SSSR count). The lowest BCUT2D eigenvalue weighted by Gasteiger charge is -2.25. The van der Waals surface area contributed by atoms with Gasteiger partial charge in [0.2, 0.25) is 0 Å². The van der Waals surface area contributed by atoms with Crippen LogP contribution in [0.1, 0.15) is 24.1 Å². The highest BCUT2D eigenvalue weighted by molar-refractivity contribution is 7.18. The lowest BCUT2D eigenvalue weighted by atomic mass is 10.1. The molecular weight excluding hydrogens is 457 g/mol. The van der Waals surface area contributed by atoms with Crippen molar-refractivity contribution in [2.24, 2.45) is 5.10 Å². The Bertz CT molecular complexity index is 982. The Kier molecular flexibility index (Phi) is 6.38. The van der Waals surface area contributed by atoms with Gasteiger partial charge in [-0.2, -0.15) is 5.10 Å². The zero-order chi connectivity index (χ0) is 19.5. The summed E-state index contributed by atoms with van der Waals surface area (Å²) in [6, 6.07) is 5.63. The molecule has 28 heavy (non-hydrogen) atoms. The van der Waals surface area contributed by atoms with E-state index in [0.29, 0.717) is 15.9 Å². The van der Waals surface area contributed by atoms with Crippen molar-refractivity contribution < 1.29 is 0 Å². The molecule has 0 radical (unpaired) electrons. The third kappa shape index (κ3) is 4.44. The number of anilines is 2. The Morgan fingerprint density at radius 1 is 1.11 bits per heavy atom. The topological polar surface area (TPSA) is 53.4 Å². The number of hydrogen-bond donors (Lipinski definition) is 1. The predicted molar refractivity (Wildman–Crippen MR) is 122 cm³/mol. The lowest BCUT2D eigenvalue weighted by Crippen LogP contribution is -2.29. The first-order chi connectivity index (χ1) is 13.6. The number of piperidine rings is 1. The summed E-state index contributed by atoms with van der Waals surface area (Å²) in [5.41, 5.74) is 3.79. The summed E-state index contributed by atoms with van der Waals surface area (Å²) in [6.45, 7) is 2.10. The molecule has 3 aromatic heterocycles. The molecule has 10 heteroatoms. The summed E-state index contributed by atoms with van der Waals surface area (Å²) in [6.07, 6.45) is 5.46. The number of thiazole rings is 1. The van der Waals surface area contributed by atoms with Gasteiger partial charge in [-0.05, 0) is 36.8 Å². The highest BCUT2D eigenvalue weighted by Crippen LogP contribution is 2.35. The van der Waals surface area contributed by atoms with Gasteiger partial charge in [-0.3, -0.25) is 5.43 Å². The van der Waals surface area contributed by atoms with Gasteiger partial charge in [0, 0.05) is 13.1 Å². The van der Waals surface area contributed by atoms with Crippen LogP contribution in [0.5, 0.6) is 0 Å². The summed E-state index contributed by atoms with van der Waals surface area (Å²) in [4.78, 5) is 13.5. The first-order valence-electron chi connectivity index (χ1n) is 8.72. The van der Waals surface area contributed by atoms with Crippen LogP contribution in [0.15, 0.2) is 28.7 Å². The van der Waals surface area contributed by atoms with Crippen LogP contribution >= 0.6 is 57.5 Å². The van der Waals surface area contributed by atoms with E-state index in [2.05, 4.69) is 26.5 Å². The van der Waals surface area contributed by atoms with Crippen molar-refractivity contribution >= 4 is 74.6 Å². The van der Waals surface area contributed by atoms with E-state index in [4.69, 9.17) is 39.8 Å². The van der Waals surface area contributed by atoms with Gasteiger partial charge in [-0.25, -0.2) is 9.97 Å². The minimum atomic E-state index is 0.174. The third-order valence-corrected chi connectivity index (χ3v) is 7.15. The van der Waals surface area contributed by atoms with Gasteiger partial charge in [0.05, 0.1) is 26.0 Å². The Hall–Kier alpha value is -1.38. The van der Waals surface area contributed by atoms with Crippen molar-refractivity contribution in [3.63, 3.8) is 0 Å². The third-order valence-electron chi connectivity index (χ3n) is 4.26. The second-order valence-corrected chi connectivity index (χ2v) is 9.32. The summed E-state index contributed by atoms with van der Waals surface area (Å²) in [5, 5.41) is 8.22. The molecule has 0 spiro atoms. The molecule has 0 aromatic carbocycles. The Balaban J connectivity index is 1.60. The van der Waals surface area contributed by atoms with Crippen molar-refractivity contribution in [1.82, 2.24) is 9.97 Å². The minimum absolute atomic E-state index is 0.174. The maximum absolute atomic E-state index is 6.14. The Morgan fingerprint density at radius 3 is 2.68 bits per heavy atom. The molecule has 0 atom stereocenters. The molecule has 1 fully saturated rings. The van der Waals surface area contributed by atoms with E-state index >= 15 is 0 Å². The lowest BCUT2D eigenvalue weighted by molar-refractivity contribution is 0.577. The van der Waals surface area contributed by atoms with Crippen LogP contribution in [0, 0.1) is 0 Å². The summed E-state index contributed by atoms with van der Waals surface area (Å²) in [5.74, 6) is 0.353. The summed E-state index contributed by atoms with van der Waals surface area (Å²) >= 11 is 21.3. The van der Waals surface area contributed by atoms with Crippen LogP contribution in [0.3, 0.4) is 0 Å². The van der Waals surface area contributed by atoms with Crippen molar-refractivity contribution in [1.29, 1.82) is 0 Å². The zero-order valence-corrected chi connectivity index (χ0v) is 18.6. The van der Waals surface area contributed by atoms with Gasteiger partial charge < -0.3 is 4.90 Å². The summed E-state index contributed by atoms with van der Waals surface area (Å²) in [7, 11) is 0. The molecule has 0 amide bonds. The number of nitrogens with one attached hydrogen (secondary N) is 1. The number of nitrogens with zero attached hydrogens (tertiary/aromatic N) is 4. The van der Waals surface area contributed by atoms with Gasteiger partial charge >= 0.3 is 0 Å². The van der Waals surface area contributed by atoms with Gasteiger partial charge in [0.25, 0.3) is 0 Å². The van der Waals surface area contributed by atoms with Crippen LogP contribution in [-0.2, 0) is 0 Å². The zero-order valence-electron chi connectivity index (χ0n) is 14.7. The first-order valence-corrected chi connectivity index (χ1v) is 11.5. The standard InChI is InChI=1S/C18H16Cl3N5S2/c19-11-9-12(20)17(24-16(11)21)25-22-10-14-15(13-5-4-8-27-13)23-18(28-14)26-6-2-1-3-7-26/h4-5,8-10H,1-3,6-7H2,(H,24,25)/b22-10+. The van der Waals surface area contributed by atoms with E-state index in [1.54, 1.807) is 28.9 Å². The van der Waals surface area contributed by atoms with Gasteiger partial charge in [-0.15, -0.1) is 11.3 Å². The van der Waals surface area contributed by atoms with E-state index in [1.807, 2.05) is 11.4 Å². The maximum atomic E-state index is 6.14. The smallest absolute Gasteiger partial charge is 0.186 e. The van der Waals surface area contributed by atoms with Crippen LogP contribution in [-0.4, -0.2) is 29.3 Å². The van der Waals surface area contributed by atoms with Crippen LogP contribution in [0.4, 0.5) is 10.9 Å². The average molecular weight is 473 g/mol. The highest BCUT2D eigenvalue weighted by atomic mass is 35.5. The minimum Gasteiger partial charge on any atom is -0.348 e. The average Bonchev–Trinajstić information content (AvgIpc) is 3.36. The quantitative estimate of drug-likeness (QED) is 0.256. The van der Waals surface area contributed by atoms with Crippen molar-refractivity contribution in [2.75, 3.05) is 23.4 Å². The molecule has 0 bridgehead atoms. The molecule has 5 nitrogen and oxygen atoms in total. The fraction of sp³-hybridized carbons (Fsp3) is 0.278. The molecule has 3 aromatic rings. The summed E-state index contributed by atoms with van der Waals surface area (Å²) < 4.78 is 0. The van der Waals surface area contributed by atoms with Crippen molar-refractivity contribution in [3.05, 3.63) is 43.7 Å². The van der Waals surface area contributed by atoms with Crippen LogP contribution in [0.25, 0.3) is 10.6 Å². The molecule has 0 unspecified atom stereocenters. The normalized spacial score (nSPS) is 14.8. The van der Waals surface area contributed by atoms with E-state index in [0.717, 1.165) is 33.7 Å². The molecule has 0 aliphatic carbocycles. The van der Waals surface area contributed by atoms with Crippen LogP contribution in [0.2, 0.25) is 15.2 Å². The van der Waals surface area contributed by atoms with Crippen molar-refractivity contribution in [2.45, 2.75) is 19.3 Å². The predicted octanol–water partition coefficient (Wildman–Crippen LogP) is 6.66. The number of aromatic nitrogens is 2. The number of hydrogen-bond acceptors (Lipinski definition) is 7. The number of rotatable bonds is 5. The number of thiophene rings is 1. The van der Waals surface area contributed by atoms with E-state index in [-0.39, 0.29) is 5.15 Å². The van der Waals surface area contributed by atoms with Crippen LogP contribution < -0.4 is 10.3 Å². The molecule has 1 aliphatic heterocycles. The molecule has 0 saturated carbocycles. The molecule has 146 valence electrons. The largest absolute Gasteiger partial charge is 0.348 e. The number of hydrazone groups is 1.